The first-order valence-electron chi connectivity index (χ1n) is 9.38. The van der Waals surface area contributed by atoms with Crippen LogP contribution in [0.15, 0.2) is 33.6 Å². The van der Waals surface area contributed by atoms with Crippen LogP contribution >= 0.6 is 11.8 Å². The van der Waals surface area contributed by atoms with E-state index >= 15 is 4.39 Å². The monoisotopic (exact) mass is 401 g/mol. The molecule has 6 nitrogen and oxygen atoms in total. The number of aromatic nitrogens is 1. The van der Waals surface area contributed by atoms with Gasteiger partial charge in [0.2, 0.25) is 5.43 Å². The lowest BCUT2D eigenvalue weighted by molar-refractivity contribution is 0.0689. The fourth-order valence-corrected chi connectivity index (χ4v) is 5.85. The quantitative estimate of drug-likeness (QED) is 0.753. The Hall–Kier alpha value is -2.32. The largest absolute Gasteiger partial charge is 0.477 e. The topological polar surface area (TPSA) is 88.6 Å². The Morgan fingerprint density at radius 1 is 1.39 bits per heavy atom. The fraction of sp³-hybridized carbons (Fsp3) is 0.400. The second-order valence-corrected chi connectivity index (χ2v) is 9.03. The van der Waals surface area contributed by atoms with Crippen LogP contribution in [-0.2, 0) is 0 Å². The van der Waals surface area contributed by atoms with Crippen molar-refractivity contribution in [3.8, 4) is 0 Å². The summed E-state index contributed by atoms with van der Waals surface area (Å²) in [6, 6.07) is 2.98. The summed E-state index contributed by atoms with van der Waals surface area (Å²) >= 11 is 1.35. The highest BCUT2D eigenvalue weighted by Crippen LogP contribution is 2.47. The number of anilines is 1. The Labute approximate surface area is 164 Å². The molecule has 0 spiro atoms. The molecule has 2 aromatic rings. The summed E-state index contributed by atoms with van der Waals surface area (Å²) in [4.78, 5) is 26.3. The summed E-state index contributed by atoms with van der Waals surface area (Å²) in [6.45, 7) is 3.23. The third-order valence-corrected chi connectivity index (χ3v) is 7.30. The van der Waals surface area contributed by atoms with Gasteiger partial charge in [-0.15, -0.1) is 0 Å². The number of fused-ring (bicyclic) bond motifs is 4. The lowest BCUT2D eigenvalue weighted by Crippen LogP contribution is -2.34. The van der Waals surface area contributed by atoms with Crippen molar-refractivity contribution in [2.24, 2.45) is 11.7 Å². The first-order valence-corrected chi connectivity index (χ1v) is 10.3. The van der Waals surface area contributed by atoms with Crippen LogP contribution in [0.1, 0.15) is 35.5 Å². The normalized spacial score (nSPS) is 25.9. The number of carbonyl (C=O) groups is 1. The van der Waals surface area contributed by atoms with E-state index in [2.05, 4.69) is 6.08 Å². The number of hydrogen-bond donors (Lipinski definition) is 2. The van der Waals surface area contributed by atoms with Crippen LogP contribution < -0.4 is 16.1 Å². The Morgan fingerprint density at radius 3 is 2.86 bits per heavy atom. The maximum atomic E-state index is 15.0. The van der Waals surface area contributed by atoms with E-state index in [1.165, 1.54) is 23.4 Å². The van der Waals surface area contributed by atoms with E-state index in [1.54, 1.807) is 6.07 Å². The molecule has 3 unspecified atom stereocenters. The summed E-state index contributed by atoms with van der Waals surface area (Å²) in [5, 5.41) is 9.99. The van der Waals surface area contributed by atoms with Gasteiger partial charge in [-0.1, -0.05) is 17.8 Å². The van der Waals surface area contributed by atoms with E-state index in [9.17, 15) is 14.7 Å². The van der Waals surface area contributed by atoms with Crippen LogP contribution in [0.2, 0.25) is 0 Å². The minimum absolute atomic E-state index is 0.00759. The highest BCUT2D eigenvalue weighted by Gasteiger charge is 2.36. The third-order valence-electron chi connectivity index (χ3n) is 6.12. The minimum atomic E-state index is -1.27. The van der Waals surface area contributed by atoms with E-state index in [-0.39, 0.29) is 28.3 Å². The number of benzene rings is 1. The van der Waals surface area contributed by atoms with Gasteiger partial charge in [-0.2, -0.15) is 0 Å². The Balaban J connectivity index is 1.67. The van der Waals surface area contributed by atoms with E-state index < -0.39 is 17.2 Å². The second kappa shape index (κ2) is 6.09. The van der Waals surface area contributed by atoms with E-state index in [0.717, 1.165) is 12.8 Å². The molecule has 1 aromatic heterocycles. The van der Waals surface area contributed by atoms with Gasteiger partial charge < -0.3 is 20.3 Å². The van der Waals surface area contributed by atoms with Gasteiger partial charge >= 0.3 is 5.97 Å². The number of thioether (sulfide) groups is 1. The molecule has 1 aromatic carbocycles. The van der Waals surface area contributed by atoms with Crippen molar-refractivity contribution in [1.29, 1.82) is 0 Å². The van der Waals surface area contributed by atoms with E-state index in [1.807, 2.05) is 16.4 Å². The van der Waals surface area contributed by atoms with Crippen LogP contribution in [0.4, 0.5) is 10.1 Å². The molecule has 28 heavy (non-hydrogen) atoms. The zero-order valence-electron chi connectivity index (χ0n) is 15.3. The molecule has 1 fully saturated rings. The second-order valence-electron chi connectivity index (χ2n) is 7.73. The summed E-state index contributed by atoms with van der Waals surface area (Å²) < 4.78 is 16.8. The predicted molar refractivity (Wildman–Crippen MR) is 107 cm³/mol. The smallest absolute Gasteiger partial charge is 0.342 e. The molecule has 1 aliphatic carbocycles. The number of carboxylic acid groups (broad SMARTS) is 1. The number of nitrogens with two attached hydrogens (primary N) is 1. The number of pyridine rings is 1. The molecule has 3 N–H and O–H groups in total. The zero-order chi connectivity index (χ0) is 19.7. The van der Waals surface area contributed by atoms with Gasteiger partial charge in [-0.3, -0.25) is 4.79 Å². The zero-order valence-corrected chi connectivity index (χ0v) is 16.1. The summed E-state index contributed by atoms with van der Waals surface area (Å²) in [6.07, 6.45) is 4.11. The standard InChI is InChI=1S/C20H20FN3O3S/c1-9-24-15-6-16(23-7-10-3-2-4-14(22)12(10)8-23)13(21)5-11(15)18(25)17(20(26)27)19(24)28-9/h3,5-6,9,12,14H,2,4,7-8,22H2,1H3,(H,26,27). The average molecular weight is 401 g/mol. The van der Waals surface area contributed by atoms with Crippen molar-refractivity contribution in [2.75, 3.05) is 18.0 Å². The molecule has 0 bridgehead atoms. The number of allylic oxidation sites excluding steroid dienone is 1. The number of nitrogens with zero attached hydrogens (tertiary/aromatic N) is 2. The molecule has 146 valence electrons. The number of carboxylic acids is 1. The summed E-state index contributed by atoms with van der Waals surface area (Å²) in [5.74, 6) is -1.55. The number of aromatic carboxylic acids is 1. The minimum Gasteiger partial charge on any atom is -0.477 e. The fourth-order valence-electron chi connectivity index (χ4n) is 4.70. The van der Waals surface area contributed by atoms with Gasteiger partial charge in [-0.25, -0.2) is 9.18 Å². The molecule has 8 heteroatoms. The van der Waals surface area contributed by atoms with Crippen molar-refractivity contribution >= 4 is 34.3 Å². The predicted octanol–water partition coefficient (Wildman–Crippen LogP) is 2.95. The van der Waals surface area contributed by atoms with E-state index in [0.29, 0.717) is 29.3 Å². The van der Waals surface area contributed by atoms with Crippen LogP contribution in [-0.4, -0.2) is 34.8 Å². The van der Waals surface area contributed by atoms with Crippen LogP contribution in [0.25, 0.3) is 10.9 Å². The SMILES string of the molecule is CC1Sc2c(C(=O)O)c(=O)c3cc(F)c(N4CC5=CCCC(N)C5C4)cc3n21. The molecular weight excluding hydrogens is 381 g/mol. The molecule has 0 amide bonds. The van der Waals surface area contributed by atoms with Crippen molar-refractivity contribution in [3.05, 3.63) is 45.4 Å². The lowest BCUT2D eigenvalue weighted by Gasteiger charge is -2.33. The van der Waals surface area contributed by atoms with Crippen molar-refractivity contribution in [3.63, 3.8) is 0 Å². The molecule has 3 atom stereocenters. The first kappa shape index (κ1) is 17.8. The number of halogens is 1. The molecule has 1 saturated heterocycles. The van der Waals surface area contributed by atoms with Crippen LogP contribution in [0, 0.1) is 11.7 Å². The van der Waals surface area contributed by atoms with Gasteiger partial charge in [0, 0.05) is 30.4 Å². The average Bonchev–Trinajstić information content (AvgIpc) is 3.06. The Bertz CT molecular complexity index is 1130. The molecule has 3 aliphatic rings. The lowest BCUT2D eigenvalue weighted by atomic mass is 9.86. The summed E-state index contributed by atoms with van der Waals surface area (Å²) in [5.41, 5.74) is 7.64. The Kier molecular flexibility index (Phi) is 3.86. The van der Waals surface area contributed by atoms with Crippen molar-refractivity contribution in [1.82, 2.24) is 4.57 Å². The highest BCUT2D eigenvalue weighted by atomic mass is 32.2. The molecule has 3 heterocycles. The molecule has 0 radical (unpaired) electrons. The Morgan fingerprint density at radius 2 is 2.18 bits per heavy atom. The van der Waals surface area contributed by atoms with E-state index in [4.69, 9.17) is 5.73 Å². The number of rotatable bonds is 2. The van der Waals surface area contributed by atoms with Gasteiger partial charge in [0.1, 0.15) is 11.4 Å². The molecule has 0 saturated carbocycles. The molecule has 5 rings (SSSR count). The van der Waals surface area contributed by atoms with Gasteiger partial charge in [-0.05, 0) is 37.5 Å². The van der Waals surface area contributed by atoms with Gasteiger partial charge in [0.25, 0.3) is 0 Å². The van der Waals surface area contributed by atoms with Crippen molar-refractivity contribution in [2.45, 2.75) is 36.2 Å². The number of hydrogen-bond acceptors (Lipinski definition) is 5. The van der Waals surface area contributed by atoms with Crippen molar-refractivity contribution < 1.29 is 14.3 Å². The molecular formula is C20H20FN3O3S. The maximum absolute atomic E-state index is 15.0. The van der Waals surface area contributed by atoms with Gasteiger partial charge in [0.05, 0.1) is 21.6 Å². The summed E-state index contributed by atoms with van der Waals surface area (Å²) in [7, 11) is 0. The van der Waals surface area contributed by atoms with Crippen LogP contribution in [0.3, 0.4) is 0 Å². The van der Waals surface area contributed by atoms with Gasteiger partial charge in [0.15, 0.2) is 0 Å². The van der Waals surface area contributed by atoms with Crippen LogP contribution in [0.5, 0.6) is 0 Å². The highest BCUT2D eigenvalue weighted by molar-refractivity contribution is 8.00. The first-order chi connectivity index (χ1) is 13.4. The third kappa shape index (κ3) is 2.37. The molecule has 2 aliphatic heterocycles. The maximum Gasteiger partial charge on any atom is 0.342 e.